The molecule has 1 saturated carbocycles. The second-order valence-corrected chi connectivity index (χ2v) is 6.37. The number of benzene rings is 1. The fraction of sp³-hybridized carbons (Fsp3) is 0.278. The second kappa shape index (κ2) is 7.53. The number of amides is 2. The van der Waals surface area contributed by atoms with Crippen molar-refractivity contribution in [3.05, 3.63) is 68.6 Å². The van der Waals surface area contributed by atoms with Crippen LogP contribution in [0.25, 0.3) is 0 Å². The van der Waals surface area contributed by atoms with Gasteiger partial charge in [0.25, 0.3) is 11.8 Å². The van der Waals surface area contributed by atoms with E-state index in [4.69, 9.17) is 11.6 Å². The summed E-state index contributed by atoms with van der Waals surface area (Å²) in [6, 6.07) is 8.09. The highest BCUT2D eigenvalue weighted by atomic mass is 35.5. The molecule has 0 aliphatic heterocycles. The van der Waals surface area contributed by atoms with Gasteiger partial charge in [0.1, 0.15) is 0 Å². The molecule has 0 atom stereocenters. The number of hydrogen-bond acceptors (Lipinski definition) is 3. The Labute approximate surface area is 149 Å². The van der Waals surface area contributed by atoms with E-state index in [0.717, 1.165) is 18.4 Å². The minimum absolute atomic E-state index is 0.234. The summed E-state index contributed by atoms with van der Waals surface area (Å²) in [6.45, 7) is 0.563. The number of rotatable bonds is 6. The molecule has 0 bridgehead atoms. The Kier molecular flexibility index (Phi) is 5.19. The Bertz CT molecular complexity index is 838. The Morgan fingerprint density at radius 1 is 1.04 bits per heavy atom. The maximum Gasteiger partial charge on any atom is 0.252 e. The van der Waals surface area contributed by atoms with Crippen molar-refractivity contribution < 1.29 is 9.59 Å². The molecule has 3 N–H and O–H groups in total. The summed E-state index contributed by atoms with van der Waals surface area (Å²) >= 11 is 6.23. The summed E-state index contributed by atoms with van der Waals surface area (Å²) in [5.41, 5.74) is 1.69. The molecule has 3 rings (SSSR count). The van der Waals surface area contributed by atoms with Crippen molar-refractivity contribution in [3.63, 3.8) is 0 Å². The molecule has 0 spiro atoms. The first kappa shape index (κ1) is 17.2. The van der Waals surface area contributed by atoms with Crippen LogP contribution in [0.1, 0.15) is 45.0 Å². The molecule has 0 unspecified atom stereocenters. The van der Waals surface area contributed by atoms with Crippen LogP contribution in [0.2, 0.25) is 5.02 Å². The van der Waals surface area contributed by atoms with E-state index < -0.39 is 0 Å². The number of carbonyl (C=O) groups excluding carboxylic acids is 2. The molecular weight excluding hydrogens is 342 g/mol. The van der Waals surface area contributed by atoms with Gasteiger partial charge in [0, 0.05) is 35.9 Å². The van der Waals surface area contributed by atoms with Crippen LogP contribution in [0.4, 0.5) is 0 Å². The number of aromatic amines is 1. The van der Waals surface area contributed by atoms with Gasteiger partial charge in [-0.1, -0.05) is 17.7 Å². The van der Waals surface area contributed by atoms with Crippen molar-refractivity contribution in [2.45, 2.75) is 18.8 Å². The van der Waals surface area contributed by atoms with Crippen LogP contribution in [0, 0.1) is 0 Å². The number of halogens is 1. The summed E-state index contributed by atoms with van der Waals surface area (Å²) in [4.78, 5) is 37.4. The van der Waals surface area contributed by atoms with E-state index >= 15 is 0 Å². The second-order valence-electron chi connectivity index (χ2n) is 5.96. The summed E-state index contributed by atoms with van der Waals surface area (Å²) < 4.78 is 0. The molecular formula is C18H18ClN3O3. The standard InChI is InChI=1S/C18H18ClN3O3/c19-15-9-12(3-5-14(15)11-1-2-11)17(24)20-7-8-21-18(25)13-4-6-16(23)22-10-13/h3-6,9-11H,1-2,7-8H2,(H,20,24)(H,21,25)(H,22,23). The summed E-state index contributed by atoms with van der Waals surface area (Å²) in [7, 11) is 0. The van der Waals surface area contributed by atoms with Crippen LogP contribution < -0.4 is 16.2 Å². The summed E-state index contributed by atoms with van der Waals surface area (Å²) in [6.07, 6.45) is 3.65. The lowest BCUT2D eigenvalue weighted by molar-refractivity contribution is 0.0927. The molecule has 1 aliphatic carbocycles. The zero-order chi connectivity index (χ0) is 17.8. The van der Waals surface area contributed by atoms with Gasteiger partial charge in [0.15, 0.2) is 0 Å². The molecule has 2 aromatic rings. The van der Waals surface area contributed by atoms with Gasteiger partial charge >= 0.3 is 0 Å². The smallest absolute Gasteiger partial charge is 0.252 e. The SMILES string of the molecule is O=C(NCCNC(=O)c1ccc(C2CC2)c(Cl)c1)c1ccc(=O)[nH]c1. The maximum absolute atomic E-state index is 12.1. The number of pyridine rings is 1. The third kappa shape index (κ3) is 4.48. The van der Waals surface area contributed by atoms with Gasteiger partial charge in [-0.15, -0.1) is 0 Å². The third-order valence-corrected chi connectivity index (χ3v) is 4.35. The average molecular weight is 360 g/mol. The topological polar surface area (TPSA) is 91.1 Å². The molecule has 130 valence electrons. The van der Waals surface area contributed by atoms with E-state index in [9.17, 15) is 14.4 Å². The fourth-order valence-corrected chi connectivity index (χ4v) is 2.84. The van der Waals surface area contributed by atoms with Crippen LogP contribution in [-0.2, 0) is 0 Å². The fourth-order valence-electron chi connectivity index (χ4n) is 2.50. The number of aromatic nitrogens is 1. The highest BCUT2D eigenvalue weighted by Gasteiger charge is 2.26. The number of H-pyrrole nitrogens is 1. The normalized spacial score (nSPS) is 13.3. The molecule has 1 aromatic carbocycles. The number of carbonyl (C=O) groups is 2. The predicted octanol–water partition coefficient (Wildman–Crippen LogP) is 2.07. The minimum Gasteiger partial charge on any atom is -0.350 e. The van der Waals surface area contributed by atoms with E-state index in [0.29, 0.717) is 22.1 Å². The largest absolute Gasteiger partial charge is 0.350 e. The first-order valence-electron chi connectivity index (χ1n) is 8.09. The lowest BCUT2D eigenvalue weighted by Crippen LogP contribution is -2.34. The third-order valence-electron chi connectivity index (χ3n) is 4.02. The van der Waals surface area contributed by atoms with E-state index in [2.05, 4.69) is 15.6 Å². The van der Waals surface area contributed by atoms with Gasteiger partial charge in [0.05, 0.1) is 5.56 Å². The van der Waals surface area contributed by atoms with E-state index in [1.807, 2.05) is 6.07 Å². The number of nitrogens with one attached hydrogen (secondary N) is 3. The van der Waals surface area contributed by atoms with E-state index in [1.165, 1.54) is 18.3 Å². The lowest BCUT2D eigenvalue weighted by atomic mass is 10.1. The van der Waals surface area contributed by atoms with Gasteiger partial charge in [-0.05, 0) is 42.5 Å². The van der Waals surface area contributed by atoms with Crippen molar-refractivity contribution in [1.82, 2.24) is 15.6 Å². The van der Waals surface area contributed by atoms with Crippen molar-refractivity contribution >= 4 is 23.4 Å². The van der Waals surface area contributed by atoms with Crippen LogP contribution in [0.5, 0.6) is 0 Å². The van der Waals surface area contributed by atoms with Crippen LogP contribution in [-0.4, -0.2) is 29.9 Å². The molecule has 6 nitrogen and oxygen atoms in total. The van der Waals surface area contributed by atoms with Crippen molar-refractivity contribution in [3.8, 4) is 0 Å². The maximum atomic E-state index is 12.1. The molecule has 1 heterocycles. The summed E-state index contributed by atoms with van der Waals surface area (Å²) in [5.74, 6) is -0.0161. The molecule has 7 heteroatoms. The monoisotopic (exact) mass is 359 g/mol. The molecule has 1 aromatic heterocycles. The Hall–Kier alpha value is -2.60. The van der Waals surface area contributed by atoms with Gasteiger partial charge < -0.3 is 15.6 Å². The molecule has 1 fully saturated rings. The minimum atomic E-state index is -0.317. The van der Waals surface area contributed by atoms with Gasteiger partial charge in [-0.25, -0.2) is 0 Å². The quantitative estimate of drug-likeness (QED) is 0.689. The first-order chi connectivity index (χ1) is 12.0. The Morgan fingerprint density at radius 3 is 2.24 bits per heavy atom. The number of hydrogen-bond donors (Lipinski definition) is 3. The van der Waals surface area contributed by atoms with E-state index in [-0.39, 0.29) is 30.5 Å². The zero-order valence-corrected chi connectivity index (χ0v) is 14.2. The summed E-state index contributed by atoms with van der Waals surface area (Å²) in [5, 5.41) is 6.03. The van der Waals surface area contributed by atoms with Crippen LogP contribution >= 0.6 is 11.6 Å². The first-order valence-corrected chi connectivity index (χ1v) is 8.47. The highest BCUT2D eigenvalue weighted by Crippen LogP contribution is 2.43. The van der Waals surface area contributed by atoms with Gasteiger partial charge in [-0.3, -0.25) is 14.4 Å². The Morgan fingerprint density at radius 2 is 1.68 bits per heavy atom. The van der Waals surface area contributed by atoms with Crippen molar-refractivity contribution in [1.29, 1.82) is 0 Å². The molecule has 0 radical (unpaired) electrons. The van der Waals surface area contributed by atoms with Gasteiger partial charge in [0.2, 0.25) is 5.56 Å². The molecule has 1 aliphatic rings. The highest BCUT2D eigenvalue weighted by molar-refractivity contribution is 6.31. The molecule has 25 heavy (non-hydrogen) atoms. The Balaban J connectivity index is 1.46. The average Bonchev–Trinajstić information content (AvgIpc) is 3.43. The predicted molar refractivity (Wildman–Crippen MR) is 95.2 cm³/mol. The lowest BCUT2D eigenvalue weighted by Gasteiger charge is -2.09. The van der Waals surface area contributed by atoms with Crippen molar-refractivity contribution in [2.75, 3.05) is 13.1 Å². The van der Waals surface area contributed by atoms with E-state index in [1.54, 1.807) is 12.1 Å². The molecule has 2 amide bonds. The van der Waals surface area contributed by atoms with Gasteiger partial charge in [-0.2, -0.15) is 0 Å². The zero-order valence-electron chi connectivity index (χ0n) is 13.5. The van der Waals surface area contributed by atoms with Crippen molar-refractivity contribution in [2.24, 2.45) is 0 Å². The van der Waals surface area contributed by atoms with Crippen LogP contribution in [0.3, 0.4) is 0 Å². The molecule has 0 saturated heterocycles. The van der Waals surface area contributed by atoms with Crippen LogP contribution in [0.15, 0.2) is 41.3 Å².